The average Bonchev–Trinajstić information content (AvgIpc) is 3.57. The van der Waals surface area contributed by atoms with Crippen LogP contribution in [-0.2, 0) is 16.0 Å². The Bertz CT molecular complexity index is 1490. The van der Waals surface area contributed by atoms with Crippen LogP contribution in [0.25, 0.3) is 0 Å². The van der Waals surface area contributed by atoms with E-state index < -0.39 is 5.60 Å². The topological polar surface area (TPSA) is 99.4 Å². The molecule has 1 aromatic carbocycles. The van der Waals surface area contributed by atoms with E-state index in [2.05, 4.69) is 37.1 Å². The highest BCUT2D eigenvalue weighted by Crippen LogP contribution is 2.67. The summed E-state index contributed by atoms with van der Waals surface area (Å²) in [6.07, 6.45) is 24.3. The highest BCUT2D eigenvalue weighted by Gasteiger charge is 2.65. The number of aliphatic hydroxyl groups excluding tert-OH is 1. The maximum atomic E-state index is 11.9. The monoisotopic (exact) mass is 641 g/mol. The summed E-state index contributed by atoms with van der Waals surface area (Å²) in [5.74, 6) is 7.74. The van der Waals surface area contributed by atoms with Gasteiger partial charge in [-0.05, 0) is 172 Å². The Morgan fingerprint density at radius 2 is 1.77 bits per heavy atom. The zero-order valence-corrected chi connectivity index (χ0v) is 28.7. The van der Waals surface area contributed by atoms with Crippen molar-refractivity contribution in [1.29, 1.82) is 0 Å². The number of terminal acetylenes is 1. The normalized spacial score (nSPS) is 43.7. The van der Waals surface area contributed by atoms with Crippen LogP contribution < -0.4 is 0 Å². The number of carbonyl (C=O) groups excluding carboxylic acids is 1. The van der Waals surface area contributed by atoms with Crippen molar-refractivity contribution >= 4 is 11.7 Å². The minimum Gasteiger partial charge on any atom is -0.508 e. The average molecular weight is 642 g/mol. The molecule has 0 amide bonds. The van der Waals surface area contributed by atoms with Crippen molar-refractivity contribution in [3.63, 3.8) is 0 Å². The van der Waals surface area contributed by atoms with Crippen LogP contribution >= 0.6 is 0 Å². The summed E-state index contributed by atoms with van der Waals surface area (Å²) in [6.45, 7) is 6.03. The van der Waals surface area contributed by atoms with Gasteiger partial charge >= 0.3 is 5.97 Å². The summed E-state index contributed by atoms with van der Waals surface area (Å²) >= 11 is 0. The third-order valence-electron chi connectivity index (χ3n) is 15.1. The molecule has 0 radical (unpaired) electrons. The molecular formula is C41H55NO5. The fourth-order valence-corrected chi connectivity index (χ4v) is 13.0. The van der Waals surface area contributed by atoms with E-state index in [0.717, 1.165) is 82.3 Å². The molecule has 7 aliphatic carbocycles. The highest BCUT2D eigenvalue weighted by atomic mass is 16.6. The maximum absolute atomic E-state index is 11.9. The molecule has 0 heterocycles. The molecule has 0 spiro atoms. The Morgan fingerprint density at radius 1 is 0.957 bits per heavy atom. The van der Waals surface area contributed by atoms with Crippen LogP contribution in [0.5, 0.6) is 5.75 Å². The van der Waals surface area contributed by atoms with E-state index in [9.17, 15) is 15.0 Å². The van der Waals surface area contributed by atoms with Gasteiger partial charge < -0.3 is 20.2 Å². The zero-order valence-electron chi connectivity index (χ0n) is 28.7. The molecule has 11 atom stereocenters. The second kappa shape index (κ2) is 12.3. The molecule has 47 heavy (non-hydrogen) atoms. The molecule has 5 saturated carbocycles. The van der Waals surface area contributed by atoms with E-state index in [4.69, 9.17) is 16.4 Å². The molecule has 0 bridgehead atoms. The van der Waals surface area contributed by atoms with Gasteiger partial charge in [0.2, 0.25) is 0 Å². The lowest BCUT2D eigenvalue weighted by atomic mass is 9.49. The van der Waals surface area contributed by atoms with Crippen molar-refractivity contribution in [2.24, 2.45) is 51.5 Å². The fraction of sp³-hybridized carbons (Fsp3) is 0.707. The second-order valence-electron chi connectivity index (χ2n) is 16.5. The minimum atomic E-state index is -0.720. The molecule has 0 unspecified atom stereocenters. The molecule has 0 aliphatic heterocycles. The minimum absolute atomic E-state index is 0.0673. The number of rotatable bonds is 2. The lowest BCUT2D eigenvalue weighted by Crippen LogP contribution is -2.55. The van der Waals surface area contributed by atoms with E-state index in [0.29, 0.717) is 41.3 Å². The first-order valence-electron chi connectivity index (χ1n) is 18.7. The van der Waals surface area contributed by atoms with Gasteiger partial charge in [0.25, 0.3) is 0 Å². The molecule has 254 valence electrons. The smallest absolute Gasteiger partial charge is 0.304 e. The van der Waals surface area contributed by atoms with Crippen LogP contribution in [0.2, 0.25) is 0 Å². The Hall–Kier alpha value is -2.78. The number of hydrogen-bond acceptors (Lipinski definition) is 6. The fourth-order valence-electron chi connectivity index (χ4n) is 13.0. The van der Waals surface area contributed by atoms with Crippen LogP contribution in [0.3, 0.4) is 0 Å². The van der Waals surface area contributed by atoms with Crippen LogP contribution in [0, 0.1) is 58.7 Å². The summed E-state index contributed by atoms with van der Waals surface area (Å²) in [5, 5.41) is 32.6. The Labute approximate surface area is 281 Å². The highest BCUT2D eigenvalue weighted by molar-refractivity contribution is 5.96. The number of benzene rings is 1. The molecular weight excluding hydrogens is 586 g/mol. The number of esters is 1. The van der Waals surface area contributed by atoms with Gasteiger partial charge in [-0.3, -0.25) is 4.79 Å². The van der Waals surface area contributed by atoms with Crippen molar-refractivity contribution < 1.29 is 25.0 Å². The first-order chi connectivity index (χ1) is 22.6. The molecule has 0 aromatic heterocycles. The van der Waals surface area contributed by atoms with Crippen molar-refractivity contribution in [1.82, 2.24) is 0 Å². The van der Waals surface area contributed by atoms with Crippen molar-refractivity contribution in [3.05, 3.63) is 41.0 Å². The Kier molecular flexibility index (Phi) is 8.55. The Balaban J connectivity index is 0.000000156. The number of fused-ring (bicyclic) bond motifs is 10. The summed E-state index contributed by atoms with van der Waals surface area (Å²) in [7, 11) is 0. The summed E-state index contributed by atoms with van der Waals surface area (Å²) < 4.78 is 5.90. The van der Waals surface area contributed by atoms with Crippen LogP contribution in [-0.4, -0.2) is 38.8 Å². The molecule has 0 saturated heterocycles. The molecule has 6 nitrogen and oxygen atoms in total. The summed E-state index contributed by atoms with van der Waals surface area (Å²) in [6, 6.07) is 5.96. The van der Waals surface area contributed by atoms with Gasteiger partial charge in [0.1, 0.15) is 5.75 Å². The predicted octanol–water partition coefficient (Wildman–Crippen LogP) is 8.32. The molecule has 3 N–H and O–H groups in total. The number of nitrogens with zero attached hydrogens (tertiary/aromatic N) is 1. The van der Waals surface area contributed by atoms with Crippen LogP contribution in [0.1, 0.15) is 128 Å². The third-order valence-corrected chi connectivity index (χ3v) is 15.1. The molecule has 8 rings (SSSR count). The maximum Gasteiger partial charge on any atom is 0.304 e. The van der Waals surface area contributed by atoms with Crippen molar-refractivity contribution in [3.8, 4) is 18.1 Å². The quantitative estimate of drug-likeness (QED) is 0.131. The lowest BCUT2D eigenvalue weighted by molar-refractivity contribution is -0.170. The number of aryl methyl sites for hydroxylation is 1. The zero-order chi connectivity index (χ0) is 33.1. The van der Waals surface area contributed by atoms with E-state index in [1.807, 2.05) is 12.1 Å². The molecule has 1 aromatic rings. The van der Waals surface area contributed by atoms with Gasteiger partial charge in [-0.25, -0.2) is 0 Å². The first kappa shape index (κ1) is 32.8. The van der Waals surface area contributed by atoms with E-state index in [-0.39, 0.29) is 22.9 Å². The number of ether oxygens (including phenoxy) is 1. The second-order valence-corrected chi connectivity index (χ2v) is 16.5. The number of oxime groups is 1. The molecule has 7 aliphatic rings. The van der Waals surface area contributed by atoms with Gasteiger partial charge in [0, 0.05) is 12.3 Å². The molecule has 5 fully saturated rings. The van der Waals surface area contributed by atoms with Crippen molar-refractivity contribution in [2.45, 2.75) is 135 Å². The van der Waals surface area contributed by atoms with Gasteiger partial charge in [-0.1, -0.05) is 36.6 Å². The van der Waals surface area contributed by atoms with Crippen LogP contribution in [0.4, 0.5) is 0 Å². The number of phenolic OH excluding ortho intramolecular Hbond substituents is 1. The lowest BCUT2D eigenvalue weighted by Gasteiger charge is -2.56. The molecule has 6 heteroatoms. The number of aliphatic hydroxyl groups is 1. The summed E-state index contributed by atoms with van der Waals surface area (Å²) in [4.78, 5) is 11.9. The number of allylic oxidation sites excluding steroid dienone is 2. The Morgan fingerprint density at radius 3 is 2.51 bits per heavy atom. The number of aromatic hydroxyl groups is 1. The number of carbonyl (C=O) groups is 1. The first-order valence-corrected chi connectivity index (χ1v) is 18.7. The van der Waals surface area contributed by atoms with Gasteiger partial charge in [-0.15, -0.1) is 6.42 Å². The van der Waals surface area contributed by atoms with E-state index in [1.165, 1.54) is 49.3 Å². The van der Waals surface area contributed by atoms with Crippen LogP contribution in [0.15, 0.2) is 35.0 Å². The van der Waals surface area contributed by atoms with Gasteiger partial charge in [0.05, 0.1) is 11.8 Å². The SMILES string of the molecule is C#C[C@]1(OC(C)=O)CC[C@H]2[C@@H]3CCC4=CC(=NO)CC[C@@H]4[C@H]3CC[C@@]21CC.C[C@]12CC[C@@H]3c4ccc(O)cc4CC[C@H]3[C@@H]1CC[C@@H]2O. The van der Waals surface area contributed by atoms with Crippen molar-refractivity contribution in [2.75, 3.05) is 0 Å². The number of hydrogen-bond donors (Lipinski definition) is 3. The summed E-state index contributed by atoms with van der Waals surface area (Å²) in [5.41, 5.74) is 4.53. The standard InChI is InChI=1S/C23H31NO3.C18H24O2/c1-4-22-12-10-19-18-9-7-17(24-26)14-16(18)6-8-20(19)21(22)11-13-23(22,5-2)27-15(3)25;1-18-9-8-14-13-5-3-12(19)10-11(13)2-4-15(14)16(18)6-7-17(18)20/h2,14,18-21,26H,4,6-13H2,1,3H3;3,5,10,14-17,19-20H,2,4,6-9H2,1H3/t18-,19+,20+,21-,22-,23-;14-,15-,16+,17+,18+/m01/s1. The largest absolute Gasteiger partial charge is 0.508 e. The number of phenols is 1. The van der Waals surface area contributed by atoms with Gasteiger partial charge in [-0.2, -0.15) is 0 Å². The predicted molar refractivity (Wildman–Crippen MR) is 183 cm³/mol. The third kappa shape index (κ3) is 5.08. The van der Waals surface area contributed by atoms with E-state index in [1.54, 1.807) is 0 Å². The van der Waals surface area contributed by atoms with Gasteiger partial charge in [0.15, 0.2) is 5.60 Å². The van der Waals surface area contributed by atoms with E-state index >= 15 is 0 Å².